The topological polar surface area (TPSA) is 80.1 Å². The average molecular weight is 482 g/mol. The second-order valence-corrected chi connectivity index (χ2v) is 9.55. The Morgan fingerprint density at radius 3 is 2.42 bits per heavy atom. The fourth-order valence-corrected chi connectivity index (χ4v) is 4.93. The van der Waals surface area contributed by atoms with Crippen LogP contribution in [0.1, 0.15) is 48.4 Å². The standard InChI is InChI=1S/C29H31N5O2/c1-21-15-17-22(18-16-21)19-33(27(35)20-34-26-14-8-7-13-25(26)31-32-34)28(23-9-3-2-4-10-23)29(36)30-24-11-5-6-12-24/h2-4,7-10,13-18,24,28H,5-6,11-12,19-20H2,1H3,(H,30,36). The van der Waals surface area contributed by atoms with Crippen molar-refractivity contribution in [2.45, 2.75) is 57.8 Å². The number of benzene rings is 3. The van der Waals surface area contributed by atoms with Crippen molar-refractivity contribution in [1.29, 1.82) is 0 Å². The predicted molar refractivity (Wildman–Crippen MR) is 139 cm³/mol. The first-order valence-electron chi connectivity index (χ1n) is 12.6. The first kappa shape index (κ1) is 23.7. The summed E-state index contributed by atoms with van der Waals surface area (Å²) in [6.07, 6.45) is 4.19. The maximum Gasteiger partial charge on any atom is 0.247 e. The fraction of sp³-hybridized carbons (Fsp3) is 0.310. The van der Waals surface area contributed by atoms with Gasteiger partial charge in [-0.3, -0.25) is 9.59 Å². The van der Waals surface area contributed by atoms with Gasteiger partial charge in [0.25, 0.3) is 0 Å². The summed E-state index contributed by atoms with van der Waals surface area (Å²) in [6.45, 7) is 2.33. The van der Waals surface area contributed by atoms with Gasteiger partial charge in [-0.05, 0) is 43.0 Å². The molecule has 7 nitrogen and oxygen atoms in total. The summed E-state index contributed by atoms with van der Waals surface area (Å²) in [6, 6.07) is 24.6. The second kappa shape index (κ2) is 10.7. The summed E-state index contributed by atoms with van der Waals surface area (Å²) in [4.78, 5) is 29.4. The van der Waals surface area contributed by atoms with E-state index in [2.05, 4.69) is 15.6 Å². The Morgan fingerprint density at radius 2 is 1.67 bits per heavy atom. The third-order valence-corrected chi connectivity index (χ3v) is 6.88. The van der Waals surface area contributed by atoms with Gasteiger partial charge in [-0.25, -0.2) is 4.68 Å². The maximum atomic E-state index is 13.9. The number of hydrogen-bond donors (Lipinski definition) is 1. The van der Waals surface area contributed by atoms with E-state index in [1.54, 1.807) is 9.58 Å². The highest BCUT2D eigenvalue weighted by atomic mass is 16.2. The number of fused-ring (bicyclic) bond motifs is 1. The normalized spacial score (nSPS) is 14.6. The van der Waals surface area contributed by atoms with Gasteiger partial charge in [-0.1, -0.05) is 90.3 Å². The minimum Gasteiger partial charge on any atom is -0.351 e. The molecule has 3 aromatic carbocycles. The first-order valence-corrected chi connectivity index (χ1v) is 12.6. The molecule has 5 rings (SSSR count). The molecule has 0 bridgehead atoms. The van der Waals surface area contributed by atoms with Crippen molar-refractivity contribution < 1.29 is 9.59 Å². The third-order valence-electron chi connectivity index (χ3n) is 6.88. The Balaban J connectivity index is 1.51. The van der Waals surface area contributed by atoms with E-state index < -0.39 is 6.04 Å². The molecular weight excluding hydrogens is 450 g/mol. The lowest BCUT2D eigenvalue weighted by Gasteiger charge is -2.32. The molecule has 7 heteroatoms. The molecule has 1 aliphatic rings. The molecule has 1 aliphatic carbocycles. The molecule has 0 aliphatic heterocycles. The average Bonchev–Trinajstić information content (AvgIpc) is 3.56. The van der Waals surface area contributed by atoms with E-state index in [-0.39, 0.29) is 24.4 Å². The van der Waals surface area contributed by atoms with Crippen molar-refractivity contribution >= 4 is 22.8 Å². The highest BCUT2D eigenvalue weighted by Crippen LogP contribution is 2.26. The Morgan fingerprint density at radius 1 is 0.972 bits per heavy atom. The third kappa shape index (κ3) is 5.30. The predicted octanol–water partition coefficient (Wildman–Crippen LogP) is 4.57. The van der Waals surface area contributed by atoms with Gasteiger partial charge >= 0.3 is 0 Å². The number of aromatic nitrogens is 3. The molecular formula is C29H31N5O2. The van der Waals surface area contributed by atoms with Crippen LogP contribution < -0.4 is 5.32 Å². The molecule has 1 N–H and O–H groups in total. The summed E-state index contributed by atoms with van der Waals surface area (Å²) in [5, 5.41) is 11.6. The molecule has 1 atom stereocenters. The Kier molecular flexibility index (Phi) is 7.07. The molecule has 1 unspecified atom stereocenters. The zero-order valence-electron chi connectivity index (χ0n) is 20.5. The molecule has 4 aromatic rings. The molecule has 1 fully saturated rings. The van der Waals surface area contributed by atoms with Crippen molar-refractivity contribution in [1.82, 2.24) is 25.2 Å². The zero-order valence-corrected chi connectivity index (χ0v) is 20.5. The molecule has 184 valence electrons. The lowest BCUT2D eigenvalue weighted by Crippen LogP contribution is -2.46. The van der Waals surface area contributed by atoms with Gasteiger partial charge in [-0.2, -0.15) is 0 Å². The van der Waals surface area contributed by atoms with E-state index in [0.29, 0.717) is 6.54 Å². The van der Waals surface area contributed by atoms with E-state index in [4.69, 9.17) is 0 Å². The highest BCUT2D eigenvalue weighted by Gasteiger charge is 2.33. The summed E-state index contributed by atoms with van der Waals surface area (Å²) in [7, 11) is 0. The van der Waals surface area contributed by atoms with Crippen LogP contribution in [-0.2, 0) is 22.7 Å². The number of carbonyl (C=O) groups excluding carboxylic acids is 2. The van der Waals surface area contributed by atoms with Crippen LogP contribution in [0.2, 0.25) is 0 Å². The summed E-state index contributed by atoms with van der Waals surface area (Å²) in [5.41, 5.74) is 4.41. The number of para-hydroxylation sites is 1. The minimum absolute atomic E-state index is 0.00752. The second-order valence-electron chi connectivity index (χ2n) is 9.55. The molecule has 0 radical (unpaired) electrons. The van der Waals surface area contributed by atoms with E-state index in [1.807, 2.05) is 85.8 Å². The first-order chi connectivity index (χ1) is 17.6. The highest BCUT2D eigenvalue weighted by molar-refractivity contribution is 5.89. The van der Waals surface area contributed by atoms with Crippen molar-refractivity contribution in [3.8, 4) is 0 Å². The number of carbonyl (C=O) groups is 2. The van der Waals surface area contributed by atoms with Crippen molar-refractivity contribution in [3.05, 3.63) is 95.6 Å². The smallest absolute Gasteiger partial charge is 0.247 e. The van der Waals surface area contributed by atoms with E-state index in [0.717, 1.165) is 53.4 Å². The number of hydrogen-bond acceptors (Lipinski definition) is 4. The van der Waals surface area contributed by atoms with Crippen LogP contribution in [0, 0.1) is 6.92 Å². The lowest BCUT2D eigenvalue weighted by atomic mass is 10.0. The van der Waals surface area contributed by atoms with Gasteiger partial charge in [0.05, 0.1) is 5.52 Å². The molecule has 2 amide bonds. The van der Waals surface area contributed by atoms with Gasteiger partial charge in [0.1, 0.15) is 18.1 Å². The Labute approximate surface area is 211 Å². The van der Waals surface area contributed by atoms with E-state index >= 15 is 0 Å². The van der Waals surface area contributed by atoms with Gasteiger partial charge in [0.15, 0.2) is 0 Å². The van der Waals surface area contributed by atoms with Gasteiger partial charge in [0, 0.05) is 12.6 Å². The minimum atomic E-state index is -0.754. The molecule has 1 saturated carbocycles. The van der Waals surface area contributed by atoms with Crippen molar-refractivity contribution in [3.63, 3.8) is 0 Å². The Hall–Kier alpha value is -4.00. The SMILES string of the molecule is Cc1ccc(CN(C(=O)Cn2nnc3ccccc32)C(C(=O)NC2CCCC2)c2ccccc2)cc1. The van der Waals surface area contributed by atoms with Crippen molar-refractivity contribution in [2.24, 2.45) is 0 Å². The monoisotopic (exact) mass is 481 g/mol. The van der Waals surface area contributed by atoms with Crippen LogP contribution in [0.4, 0.5) is 0 Å². The summed E-state index contributed by atoms with van der Waals surface area (Å²) in [5.74, 6) is -0.335. The molecule has 36 heavy (non-hydrogen) atoms. The van der Waals surface area contributed by atoms with Gasteiger partial charge in [0.2, 0.25) is 11.8 Å². The Bertz CT molecular complexity index is 1330. The number of nitrogens with one attached hydrogen (secondary N) is 1. The van der Waals surface area contributed by atoms with Crippen molar-refractivity contribution in [2.75, 3.05) is 0 Å². The lowest BCUT2D eigenvalue weighted by molar-refractivity contribution is -0.142. The van der Waals surface area contributed by atoms with E-state index in [9.17, 15) is 9.59 Å². The number of amides is 2. The van der Waals surface area contributed by atoms with Gasteiger partial charge in [-0.15, -0.1) is 5.10 Å². The number of rotatable bonds is 8. The largest absolute Gasteiger partial charge is 0.351 e. The summed E-state index contributed by atoms with van der Waals surface area (Å²) >= 11 is 0. The maximum absolute atomic E-state index is 13.9. The van der Waals surface area contributed by atoms with Gasteiger partial charge < -0.3 is 10.2 Å². The van der Waals surface area contributed by atoms with Crippen LogP contribution in [0.5, 0.6) is 0 Å². The van der Waals surface area contributed by atoms with Crippen LogP contribution >= 0.6 is 0 Å². The van der Waals surface area contributed by atoms with Crippen LogP contribution in [0.15, 0.2) is 78.9 Å². The molecule has 0 saturated heterocycles. The van der Waals surface area contributed by atoms with Crippen LogP contribution in [0.3, 0.4) is 0 Å². The molecule has 0 spiro atoms. The van der Waals surface area contributed by atoms with Crippen LogP contribution in [-0.4, -0.2) is 37.7 Å². The number of nitrogens with zero attached hydrogens (tertiary/aromatic N) is 4. The number of aryl methyl sites for hydroxylation is 1. The molecule has 1 aromatic heterocycles. The summed E-state index contributed by atoms with van der Waals surface area (Å²) < 4.78 is 1.61. The fourth-order valence-electron chi connectivity index (χ4n) is 4.93. The van der Waals surface area contributed by atoms with E-state index in [1.165, 1.54) is 0 Å². The quantitative estimate of drug-likeness (QED) is 0.400. The zero-order chi connectivity index (χ0) is 24.9. The van der Waals surface area contributed by atoms with Crippen LogP contribution in [0.25, 0.3) is 11.0 Å². The molecule has 1 heterocycles.